The lowest BCUT2D eigenvalue weighted by molar-refractivity contribution is 0.144. The Labute approximate surface area is 174 Å². The fourth-order valence-corrected chi connectivity index (χ4v) is 2.68. The maximum atomic E-state index is 12.3. The zero-order valence-electron chi connectivity index (χ0n) is 15.9. The molecule has 7 heteroatoms. The van der Waals surface area contributed by atoms with E-state index in [-0.39, 0.29) is 0 Å². The highest BCUT2D eigenvalue weighted by atomic mass is 35.5. The maximum absolute atomic E-state index is 12.3. The van der Waals surface area contributed by atoms with E-state index in [4.69, 9.17) is 25.8 Å². The SMILES string of the molecule is COCCOc1cc(NC(=O)Nc2cccc(Cl)c2)ccc1Oc1ccccc1. The van der Waals surface area contributed by atoms with Crippen molar-refractivity contribution >= 4 is 29.0 Å². The van der Waals surface area contributed by atoms with Gasteiger partial charge < -0.3 is 24.8 Å². The Morgan fingerprint density at radius 3 is 2.34 bits per heavy atom. The van der Waals surface area contributed by atoms with Gasteiger partial charge in [0.15, 0.2) is 11.5 Å². The van der Waals surface area contributed by atoms with Crippen molar-refractivity contribution in [2.75, 3.05) is 31.0 Å². The second-order valence-electron chi connectivity index (χ2n) is 6.01. The smallest absolute Gasteiger partial charge is 0.323 e. The van der Waals surface area contributed by atoms with Crippen molar-refractivity contribution in [3.05, 3.63) is 77.8 Å². The lowest BCUT2D eigenvalue weighted by Crippen LogP contribution is -2.19. The van der Waals surface area contributed by atoms with Crippen LogP contribution in [0.3, 0.4) is 0 Å². The fourth-order valence-electron chi connectivity index (χ4n) is 2.49. The van der Waals surface area contributed by atoms with E-state index in [1.54, 1.807) is 49.6 Å². The molecule has 150 valence electrons. The largest absolute Gasteiger partial charge is 0.487 e. The number of methoxy groups -OCH3 is 1. The number of carbonyl (C=O) groups excluding carboxylic acids is 1. The number of carbonyl (C=O) groups is 1. The van der Waals surface area contributed by atoms with Crippen LogP contribution in [0.2, 0.25) is 5.02 Å². The molecule has 0 aliphatic heterocycles. The first-order valence-corrected chi connectivity index (χ1v) is 9.34. The molecule has 3 aromatic rings. The van der Waals surface area contributed by atoms with Crippen molar-refractivity contribution in [3.8, 4) is 17.2 Å². The fraction of sp³-hybridized carbons (Fsp3) is 0.136. The predicted molar refractivity (Wildman–Crippen MR) is 114 cm³/mol. The molecule has 0 fully saturated rings. The topological polar surface area (TPSA) is 68.8 Å². The molecule has 0 radical (unpaired) electrons. The van der Waals surface area contributed by atoms with E-state index in [1.807, 2.05) is 30.3 Å². The Morgan fingerprint density at radius 1 is 0.862 bits per heavy atom. The zero-order valence-corrected chi connectivity index (χ0v) is 16.6. The van der Waals surface area contributed by atoms with E-state index in [0.717, 1.165) is 0 Å². The van der Waals surface area contributed by atoms with Gasteiger partial charge in [0.05, 0.1) is 6.61 Å². The summed E-state index contributed by atoms with van der Waals surface area (Å²) in [5.41, 5.74) is 1.15. The number of urea groups is 1. The van der Waals surface area contributed by atoms with Gasteiger partial charge in [-0.25, -0.2) is 4.79 Å². The van der Waals surface area contributed by atoms with Crippen LogP contribution in [0.1, 0.15) is 0 Å². The van der Waals surface area contributed by atoms with E-state index in [1.165, 1.54) is 0 Å². The van der Waals surface area contributed by atoms with Gasteiger partial charge in [-0.2, -0.15) is 0 Å². The summed E-state index contributed by atoms with van der Waals surface area (Å²) in [6.07, 6.45) is 0. The molecule has 0 heterocycles. The van der Waals surface area contributed by atoms with Crippen LogP contribution >= 0.6 is 11.6 Å². The molecule has 2 N–H and O–H groups in total. The highest BCUT2D eigenvalue weighted by molar-refractivity contribution is 6.30. The summed E-state index contributed by atoms with van der Waals surface area (Å²) in [4.78, 5) is 12.3. The molecule has 6 nitrogen and oxygen atoms in total. The van der Waals surface area contributed by atoms with Crippen LogP contribution < -0.4 is 20.1 Å². The van der Waals surface area contributed by atoms with Gasteiger partial charge in [-0.3, -0.25) is 0 Å². The van der Waals surface area contributed by atoms with E-state index in [9.17, 15) is 4.79 Å². The van der Waals surface area contributed by atoms with Crippen molar-refractivity contribution in [1.29, 1.82) is 0 Å². The number of rotatable bonds is 8. The van der Waals surface area contributed by atoms with E-state index < -0.39 is 6.03 Å². The van der Waals surface area contributed by atoms with Crippen molar-refractivity contribution in [1.82, 2.24) is 0 Å². The number of nitrogens with one attached hydrogen (secondary N) is 2. The van der Waals surface area contributed by atoms with E-state index in [0.29, 0.717) is 46.9 Å². The van der Waals surface area contributed by atoms with Crippen LogP contribution in [-0.4, -0.2) is 26.4 Å². The number of halogens is 1. The third kappa shape index (κ3) is 6.41. The monoisotopic (exact) mass is 412 g/mol. The molecule has 0 bridgehead atoms. The summed E-state index contributed by atoms with van der Waals surface area (Å²) in [6, 6.07) is 21.1. The van der Waals surface area contributed by atoms with Gasteiger partial charge in [-0.05, 0) is 42.5 Å². The summed E-state index contributed by atoms with van der Waals surface area (Å²) in [6.45, 7) is 0.775. The van der Waals surface area contributed by atoms with Gasteiger partial charge >= 0.3 is 6.03 Å². The number of para-hydroxylation sites is 1. The van der Waals surface area contributed by atoms with Crippen LogP contribution in [-0.2, 0) is 4.74 Å². The number of benzene rings is 3. The zero-order chi connectivity index (χ0) is 20.5. The summed E-state index contributed by atoms with van der Waals surface area (Å²) < 4.78 is 16.7. The number of hydrogen-bond acceptors (Lipinski definition) is 4. The minimum absolute atomic E-state index is 0.347. The molecular weight excluding hydrogens is 392 g/mol. The second-order valence-corrected chi connectivity index (χ2v) is 6.44. The third-order valence-electron chi connectivity index (χ3n) is 3.80. The van der Waals surface area contributed by atoms with Gasteiger partial charge in [0, 0.05) is 29.6 Å². The maximum Gasteiger partial charge on any atom is 0.323 e. The second kappa shape index (κ2) is 10.4. The van der Waals surface area contributed by atoms with Gasteiger partial charge in [-0.15, -0.1) is 0 Å². The van der Waals surface area contributed by atoms with Crippen molar-refractivity contribution in [2.45, 2.75) is 0 Å². The van der Waals surface area contributed by atoms with Gasteiger partial charge in [0.25, 0.3) is 0 Å². The third-order valence-corrected chi connectivity index (χ3v) is 4.04. The minimum Gasteiger partial charge on any atom is -0.487 e. The Bertz CT molecular complexity index is 951. The first-order valence-electron chi connectivity index (χ1n) is 8.96. The lowest BCUT2D eigenvalue weighted by Gasteiger charge is -2.15. The number of anilines is 2. The normalized spacial score (nSPS) is 10.3. The molecular formula is C22H21ClN2O4. The first-order chi connectivity index (χ1) is 14.1. The summed E-state index contributed by atoms with van der Waals surface area (Å²) in [5.74, 6) is 1.71. The average molecular weight is 413 g/mol. The Balaban J connectivity index is 1.72. The number of amides is 2. The number of hydrogen-bond donors (Lipinski definition) is 2. The molecule has 3 rings (SSSR count). The van der Waals surface area contributed by atoms with Crippen LogP contribution in [0, 0.1) is 0 Å². The van der Waals surface area contributed by atoms with Gasteiger partial charge in [0.2, 0.25) is 0 Å². The van der Waals surface area contributed by atoms with Crippen molar-refractivity contribution < 1.29 is 19.0 Å². The highest BCUT2D eigenvalue weighted by Gasteiger charge is 2.10. The minimum atomic E-state index is -0.396. The Hall–Kier alpha value is -3.22. The summed E-state index contributed by atoms with van der Waals surface area (Å²) in [5, 5.41) is 6.04. The molecule has 0 saturated carbocycles. The molecule has 0 unspecified atom stereocenters. The van der Waals surface area contributed by atoms with Crippen LogP contribution in [0.4, 0.5) is 16.2 Å². The quantitative estimate of drug-likeness (QED) is 0.458. The highest BCUT2D eigenvalue weighted by Crippen LogP contribution is 2.34. The van der Waals surface area contributed by atoms with E-state index >= 15 is 0 Å². The molecule has 0 saturated heterocycles. The average Bonchev–Trinajstić information content (AvgIpc) is 2.71. The Kier molecular flexibility index (Phi) is 7.33. The first kappa shape index (κ1) is 20.5. The van der Waals surface area contributed by atoms with Crippen LogP contribution in [0.15, 0.2) is 72.8 Å². The van der Waals surface area contributed by atoms with Gasteiger partial charge in [0.1, 0.15) is 12.4 Å². The predicted octanol–water partition coefficient (Wildman–Crippen LogP) is 5.80. The molecule has 0 atom stereocenters. The molecule has 2 amide bonds. The molecule has 0 aliphatic rings. The standard InChI is InChI=1S/C22H21ClN2O4/c1-27-12-13-28-21-15-18(10-11-20(21)29-19-8-3-2-4-9-19)25-22(26)24-17-7-5-6-16(23)14-17/h2-11,14-15H,12-13H2,1H3,(H2,24,25,26). The molecule has 0 spiro atoms. The Morgan fingerprint density at radius 2 is 1.62 bits per heavy atom. The van der Waals surface area contributed by atoms with Crippen molar-refractivity contribution in [3.63, 3.8) is 0 Å². The molecule has 0 aliphatic carbocycles. The molecule has 0 aromatic heterocycles. The molecule has 3 aromatic carbocycles. The van der Waals surface area contributed by atoms with E-state index in [2.05, 4.69) is 10.6 Å². The summed E-state index contributed by atoms with van der Waals surface area (Å²) >= 11 is 5.94. The summed E-state index contributed by atoms with van der Waals surface area (Å²) in [7, 11) is 1.60. The van der Waals surface area contributed by atoms with Crippen LogP contribution in [0.5, 0.6) is 17.2 Å². The lowest BCUT2D eigenvalue weighted by atomic mass is 10.2. The van der Waals surface area contributed by atoms with Crippen LogP contribution in [0.25, 0.3) is 0 Å². The number of ether oxygens (including phenoxy) is 3. The van der Waals surface area contributed by atoms with Crippen molar-refractivity contribution in [2.24, 2.45) is 0 Å². The van der Waals surface area contributed by atoms with Gasteiger partial charge in [-0.1, -0.05) is 35.9 Å². The molecule has 29 heavy (non-hydrogen) atoms.